The average molecular weight is 196 g/mol. The summed E-state index contributed by atoms with van der Waals surface area (Å²) in [7, 11) is 0. The molecule has 1 N–H and O–H groups in total. The van der Waals surface area contributed by atoms with Gasteiger partial charge in [-0.05, 0) is 37.5 Å². The first-order chi connectivity index (χ1) is 6.72. The minimum atomic E-state index is -0.268. The molecule has 2 aliphatic rings. The second-order valence-electron chi connectivity index (χ2n) is 5.60. The van der Waals surface area contributed by atoms with Crippen LogP contribution < -0.4 is 0 Å². The Kier molecular flexibility index (Phi) is 3.16. The third-order valence-corrected chi connectivity index (χ3v) is 4.41. The molecule has 1 nitrogen and oxygen atoms in total. The van der Waals surface area contributed by atoms with Gasteiger partial charge in [0.05, 0.1) is 5.60 Å². The van der Waals surface area contributed by atoms with Gasteiger partial charge in [0, 0.05) is 0 Å². The zero-order chi connectivity index (χ0) is 10.0. The third kappa shape index (κ3) is 2.31. The lowest BCUT2D eigenvalue weighted by Crippen LogP contribution is -2.27. The fraction of sp³-hybridized carbons (Fsp3) is 1.00. The van der Waals surface area contributed by atoms with Crippen molar-refractivity contribution in [1.82, 2.24) is 0 Å². The summed E-state index contributed by atoms with van der Waals surface area (Å²) in [6.45, 7) is 2.26. The zero-order valence-electron chi connectivity index (χ0n) is 9.47. The van der Waals surface area contributed by atoms with Crippen LogP contribution in [0.5, 0.6) is 0 Å². The average Bonchev–Trinajstić information content (AvgIpc) is 2.76. The highest BCUT2D eigenvalue weighted by atomic mass is 16.3. The lowest BCUT2D eigenvalue weighted by Gasteiger charge is -2.26. The largest absolute Gasteiger partial charge is 0.390 e. The van der Waals surface area contributed by atoms with E-state index in [-0.39, 0.29) is 5.60 Å². The quantitative estimate of drug-likeness (QED) is 0.732. The predicted octanol–water partition coefficient (Wildman–Crippen LogP) is 3.51. The van der Waals surface area contributed by atoms with Gasteiger partial charge in [0.1, 0.15) is 0 Å². The van der Waals surface area contributed by atoms with Gasteiger partial charge in [-0.25, -0.2) is 0 Å². The molecule has 2 fully saturated rings. The SMILES string of the molecule is CCC1CCC(O)(CC2CCCC2)C1. The molecule has 0 spiro atoms. The Morgan fingerprint density at radius 1 is 1.14 bits per heavy atom. The Bertz CT molecular complexity index is 184. The van der Waals surface area contributed by atoms with E-state index in [4.69, 9.17) is 0 Å². The highest BCUT2D eigenvalue weighted by molar-refractivity contribution is 4.91. The summed E-state index contributed by atoms with van der Waals surface area (Å²) in [4.78, 5) is 0. The van der Waals surface area contributed by atoms with Crippen molar-refractivity contribution in [3.63, 3.8) is 0 Å². The molecule has 2 aliphatic carbocycles. The Labute approximate surface area is 87.9 Å². The summed E-state index contributed by atoms with van der Waals surface area (Å²) >= 11 is 0. The molecule has 82 valence electrons. The standard InChI is InChI=1S/C13H24O/c1-2-11-7-8-13(14,9-11)10-12-5-3-4-6-12/h11-12,14H,2-10H2,1H3. The van der Waals surface area contributed by atoms with E-state index in [0.29, 0.717) is 0 Å². The van der Waals surface area contributed by atoms with Crippen LogP contribution >= 0.6 is 0 Å². The number of rotatable bonds is 3. The van der Waals surface area contributed by atoms with Gasteiger partial charge in [0.25, 0.3) is 0 Å². The first-order valence-electron chi connectivity index (χ1n) is 6.44. The first-order valence-corrected chi connectivity index (χ1v) is 6.44. The molecule has 0 amide bonds. The van der Waals surface area contributed by atoms with Crippen LogP contribution in [0.25, 0.3) is 0 Å². The van der Waals surface area contributed by atoms with E-state index >= 15 is 0 Å². The topological polar surface area (TPSA) is 20.2 Å². The minimum absolute atomic E-state index is 0.268. The van der Waals surface area contributed by atoms with E-state index in [1.54, 1.807) is 0 Å². The first kappa shape index (κ1) is 10.5. The van der Waals surface area contributed by atoms with Gasteiger partial charge < -0.3 is 5.11 Å². The Balaban J connectivity index is 1.83. The lowest BCUT2D eigenvalue weighted by molar-refractivity contribution is 0.0189. The molecule has 2 atom stereocenters. The van der Waals surface area contributed by atoms with Gasteiger partial charge in [-0.1, -0.05) is 39.0 Å². The highest BCUT2D eigenvalue weighted by Crippen LogP contribution is 2.43. The van der Waals surface area contributed by atoms with E-state index in [9.17, 15) is 5.11 Å². The van der Waals surface area contributed by atoms with Crippen molar-refractivity contribution < 1.29 is 5.11 Å². The number of aliphatic hydroxyl groups is 1. The second kappa shape index (κ2) is 4.22. The Hall–Kier alpha value is -0.0400. The maximum absolute atomic E-state index is 10.5. The van der Waals surface area contributed by atoms with Gasteiger partial charge in [-0.15, -0.1) is 0 Å². The molecular weight excluding hydrogens is 172 g/mol. The summed E-state index contributed by atoms with van der Waals surface area (Å²) in [5, 5.41) is 10.5. The fourth-order valence-corrected chi connectivity index (χ4v) is 3.50. The van der Waals surface area contributed by atoms with Gasteiger partial charge in [0.2, 0.25) is 0 Å². The van der Waals surface area contributed by atoms with Crippen molar-refractivity contribution in [2.24, 2.45) is 11.8 Å². The molecule has 2 rings (SSSR count). The van der Waals surface area contributed by atoms with Crippen LogP contribution in [0.4, 0.5) is 0 Å². The Morgan fingerprint density at radius 2 is 1.86 bits per heavy atom. The van der Waals surface area contributed by atoms with Crippen LogP contribution in [0.1, 0.15) is 64.7 Å². The van der Waals surface area contributed by atoms with Gasteiger partial charge in [0.15, 0.2) is 0 Å². The molecule has 2 unspecified atom stereocenters. The van der Waals surface area contributed by atoms with Gasteiger partial charge in [-0.2, -0.15) is 0 Å². The summed E-state index contributed by atoms with van der Waals surface area (Å²) in [5.74, 6) is 1.65. The van der Waals surface area contributed by atoms with Crippen molar-refractivity contribution >= 4 is 0 Å². The lowest BCUT2D eigenvalue weighted by atomic mass is 9.87. The van der Waals surface area contributed by atoms with E-state index in [1.807, 2.05) is 0 Å². The number of hydrogen-bond acceptors (Lipinski definition) is 1. The zero-order valence-corrected chi connectivity index (χ0v) is 9.47. The van der Waals surface area contributed by atoms with Gasteiger partial charge in [-0.3, -0.25) is 0 Å². The highest BCUT2D eigenvalue weighted by Gasteiger charge is 2.38. The number of hydrogen-bond donors (Lipinski definition) is 1. The maximum Gasteiger partial charge on any atom is 0.0653 e. The van der Waals surface area contributed by atoms with Crippen molar-refractivity contribution in [3.8, 4) is 0 Å². The molecule has 0 radical (unpaired) electrons. The normalized spacial score (nSPS) is 39.4. The second-order valence-corrected chi connectivity index (χ2v) is 5.60. The minimum Gasteiger partial charge on any atom is -0.390 e. The van der Waals surface area contributed by atoms with Crippen molar-refractivity contribution in [3.05, 3.63) is 0 Å². The maximum atomic E-state index is 10.5. The molecule has 2 saturated carbocycles. The summed E-state index contributed by atoms with van der Waals surface area (Å²) in [6, 6.07) is 0. The monoisotopic (exact) mass is 196 g/mol. The van der Waals surface area contributed by atoms with Crippen molar-refractivity contribution in [1.29, 1.82) is 0 Å². The molecule has 0 saturated heterocycles. The fourth-order valence-electron chi connectivity index (χ4n) is 3.50. The molecule has 0 aliphatic heterocycles. The van der Waals surface area contributed by atoms with E-state index in [1.165, 1.54) is 38.5 Å². The van der Waals surface area contributed by atoms with E-state index in [2.05, 4.69) is 6.92 Å². The molecule has 0 heterocycles. The third-order valence-electron chi connectivity index (χ3n) is 4.41. The molecule has 0 bridgehead atoms. The van der Waals surface area contributed by atoms with Crippen LogP contribution in [0.2, 0.25) is 0 Å². The van der Waals surface area contributed by atoms with Crippen molar-refractivity contribution in [2.45, 2.75) is 70.3 Å². The van der Waals surface area contributed by atoms with Crippen LogP contribution in [0.3, 0.4) is 0 Å². The molecule has 1 heteroatoms. The van der Waals surface area contributed by atoms with Crippen LogP contribution in [0, 0.1) is 11.8 Å². The summed E-state index contributed by atoms with van der Waals surface area (Å²) < 4.78 is 0. The van der Waals surface area contributed by atoms with E-state index in [0.717, 1.165) is 31.1 Å². The smallest absolute Gasteiger partial charge is 0.0653 e. The van der Waals surface area contributed by atoms with Crippen LogP contribution in [0.15, 0.2) is 0 Å². The molecule has 14 heavy (non-hydrogen) atoms. The molecular formula is C13H24O. The molecule has 0 aromatic rings. The predicted molar refractivity (Wildman–Crippen MR) is 59.2 cm³/mol. The molecule has 0 aromatic carbocycles. The molecule has 0 aromatic heterocycles. The summed E-state index contributed by atoms with van der Waals surface area (Å²) in [5.41, 5.74) is -0.268. The van der Waals surface area contributed by atoms with Gasteiger partial charge >= 0.3 is 0 Å². The van der Waals surface area contributed by atoms with E-state index < -0.39 is 0 Å². The van der Waals surface area contributed by atoms with Crippen LogP contribution in [-0.4, -0.2) is 10.7 Å². The van der Waals surface area contributed by atoms with Crippen molar-refractivity contribution in [2.75, 3.05) is 0 Å². The van der Waals surface area contributed by atoms with Crippen LogP contribution in [-0.2, 0) is 0 Å². The Morgan fingerprint density at radius 3 is 2.43 bits per heavy atom. The summed E-state index contributed by atoms with van der Waals surface area (Å²) in [6.07, 6.45) is 11.3.